The van der Waals surface area contributed by atoms with Crippen LogP contribution in [0.25, 0.3) is 0 Å². The average Bonchev–Trinajstić information content (AvgIpc) is 2.33. The van der Waals surface area contributed by atoms with Gasteiger partial charge in [0.1, 0.15) is 5.75 Å². The SMILES string of the molecule is COc1ccccc1CNCCNC[C@H](C)O. The number of aliphatic hydroxyl groups is 1. The fraction of sp³-hybridized carbons (Fsp3) is 0.538. The first-order valence-electron chi connectivity index (χ1n) is 5.95. The van der Waals surface area contributed by atoms with E-state index in [1.165, 1.54) is 0 Å². The molecule has 17 heavy (non-hydrogen) atoms. The van der Waals surface area contributed by atoms with E-state index in [0.717, 1.165) is 30.9 Å². The number of rotatable bonds is 8. The van der Waals surface area contributed by atoms with Crippen LogP contribution in [0.15, 0.2) is 24.3 Å². The van der Waals surface area contributed by atoms with Crippen molar-refractivity contribution in [2.75, 3.05) is 26.7 Å². The second-order valence-electron chi connectivity index (χ2n) is 4.04. The Morgan fingerprint density at radius 2 is 1.94 bits per heavy atom. The quantitative estimate of drug-likeness (QED) is 0.585. The van der Waals surface area contributed by atoms with E-state index in [0.29, 0.717) is 6.54 Å². The molecule has 1 aromatic carbocycles. The number of para-hydroxylation sites is 1. The highest BCUT2D eigenvalue weighted by molar-refractivity contribution is 5.32. The summed E-state index contributed by atoms with van der Waals surface area (Å²) in [6.45, 7) is 4.91. The Labute approximate surface area is 103 Å². The van der Waals surface area contributed by atoms with E-state index >= 15 is 0 Å². The molecule has 0 aromatic heterocycles. The number of nitrogens with one attached hydrogen (secondary N) is 2. The van der Waals surface area contributed by atoms with Gasteiger partial charge in [-0.05, 0) is 13.0 Å². The van der Waals surface area contributed by atoms with Gasteiger partial charge in [-0.25, -0.2) is 0 Å². The standard InChI is InChI=1S/C13H22N2O2/c1-11(16)9-14-7-8-15-10-12-5-3-4-6-13(12)17-2/h3-6,11,14-16H,7-10H2,1-2H3/t11-/m0/s1. The second-order valence-corrected chi connectivity index (χ2v) is 4.04. The number of aliphatic hydroxyl groups excluding tert-OH is 1. The predicted octanol–water partition coefficient (Wildman–Crippen LogP) is 0.755. The Bertz CT molecular complexity index is 316. The maximum atomic E-state index is 9.06. The zero-order chi connectivity index (χ0) is 12.5. The van der Waals surface area contributed by atoms with Crippen molar-refractivity contribution in [2.24, 2.45) is 0 Å². The summed E-state index contributed by atoms with van der Waals surface area (Å²) in [6.07, 6.45) is -0.288. The number of ether oxygens (including phenoxy) is 1. The van der Waals surface area contributed by atoms with Gasteiger partial charge < -0.3 is 20.5 Å². The zero-order valence-electron chi connectivity index (χ0n) is 10.6. The largest absolute Gasteiger partial charge is 0.496 e. The molecule has 0 unspecified atom stereocenters. The lowest BCUT2D eigenvalue weighted by Crippen LogP contribution is -2.31. The molecule has 0 heterocycles. The van der Waals surface area contributed by atoms with Gasteiger partial charge in [0, 0.05) is 31.7 Å². The van der Waals surface area contributed by atoms with Crippen LogP contribution in [0.4, 0.5) is 0 Å². The van der Waals surface area contributed by atoms with Crippen molar-refractivity contribution in [3.8, 4) is 5.75 Å². The van der Waals surface area contributed by atoms with Gasteiger partial charge in [-0.2, -0.15) is 0 Å². The summed E-state index contributed by atoms with van der Waals surface area (Å²) in [5.74, 6) is 0.914. The molecule has 0 amide bonds. The fourth-order valence-electron chi connectivity index (χ4n) is 1.56. The molecule has 0 fully saturated rings. The minimum Gasteiger partial charge on any atom is -0.496 e. The first-order valence-corrected chi connectivity index (χ1v) is 5.95. The molecule has 0 aliphatic rings. The summed E-state index contributed by atoms with van der Waals surface area (Å²) >= 11 is 0. The van der Waals surface area contributed by atoms with Crippen LogP contribution in [0.2, 0.25) is 0 Å². The first kappa shape index (κ1) is 14.0. The summed E-state index contributed by atoms with van der Waals surface area (Å²) in [7, 11) is 1.68. The first-order chi connectivity index (χ1) is 8.24. The van der Waals surface area contributed by atoms with Crippen molar-refractivity contribution < 1.29 is 9.84 Å². The predicted molar refractivity (Wildman–Crippen MR) is 69.3 cm³/mol. The second kappa shape index (κ2) is 8.06. The molecule has 4 heteroatoms. The molecule has 3 N–H and O–H groups in total. The number of hydrogen-bond donors (Lipinski definition) is 3. The minimum absolute atomic E-state index is 0.288. The lowest BCUT2D eigenvalue weighted by atomic mass is 10.2. The van der Waals surface area contributed by atoms with Crippen LogP contribution in [0.1, 0.15) is 12.5 Å². The molecule has 0 bridgehead atoms. The lowest BCUT2D eigenvalue weighted by molar-refractivity contribution is 0.191. The van der Waals surface area contributed by atoms with E-state index in [2.05, 4.69) is 16.7 Å². The van der Waals surface area contributed by atoms with Gasteiger partial charge in [0.25, 0.3) is 0 Å². The molecule has 0 saturated carbocycles. The molecule has 0 radical (unpaired) electrons. The van der Waals surface area contributed by atoms with Crippen LogP contribution in [0.3, 0.4) is 0 Å². The summed E-state index contributed by atoms with van der Waals surface area (Å²) in [6, 6.07) is 7.98. The van der Waals surface area contributed by atoms with Crippen molar-refractivity contribution in [1.82, 2.24) is 10.6 Å². The number of methoxy groups -OCH3 is 1. The Morgan fingerprint density at radius 3 is 2.65 bits per heavy atom. The Hall–Kier alpha value is -1.10. The average molecular weight is 238 g/mol. The lowest BCUT2D eigenvalue weighted by Gasteiger charge is -2.10. The van der Waals surface area contributed by atoms with Gasteiger partial charge in [0.15, 0.2) is 0 Å². The van der Waals surface area contributed by atoms with E-state index in [1.807, 2.05) is 18.2 Å². The zero-order valence-corrected chi connectivity index (χ0v) is 10.6. The van der Waals surface area contributed by atoms with Gasteiger partial charge in [-0.3, -0.25) is 0 Å². The Kier molecular flexibility index (Phi) is 6.62. The molecule has 0 aliphatic heterocycles. The van der Waals surface area contributed by atoms with E-state index < -0.39 is 0 Å². The van der Waals surface area contributed by atoms with Crippen molar-refractivity contribution in [3.63, 3.8) is 0 Å². The van der Waals surface area contributed by atoms with Gasteiger partial charge >= 0.3 is 0 Å². The van der Waals surface area contributed by atoms with Crippen LogP contribution >= 0.6 is 0 Å². The third-order valence-corrected chi connectivity index (χ3v) is 2.43. The molecular formula is C13H22N2O2. The smallest absolute Gasteiger partial charge is 0.123 e. The van der Waals surface area contributed by atoms with Crippen molar-refractivity contribution in [2.45, 2.75) is 19.6 Å². The molecule has 1 rings (SSSR count). The number of benzene rings is 1. The Balaban J connectivity index is 2.17. The molecule has 0 aliphatic carbocycles. The van der Waals surface area contributed by atoms with Crippen LogP contribution in [0.5, 0.6) is 5.75 Å². The molecule has 96 valence electrons. The highest BCUT2D eigenvalue weighted by Gasteiger charge is 2.00. The van der Waals surface area contributed by atoms with E-state index in [4.69, 9.17) is 9.84 Å². The summed E-state index contributed by atoms with van der Waals surface area (Å²) in [5.41, 5.74) is 1.16. The van der Waals surface area contributed by atoms with Crippen LogP contribution in [-0.4, -0.2) is 38.0 Å². The van der Waals surface area contributed by atoms with Crippen LogP contribution in [-0.2, 0) is 6.54 Å². The summed E-state index contributed by atoms with van der Waals surface area (Å²) in [4.78, 5) is 0. The van der Waals surface area contributed by atoms with Crippen molar-refractivity contribution in [3.05, 3.63) is 29.8 Å². The maximum Gasteiger partial charge on any atom is 0.123 e. The van der Waals surface area contributed by atoms with E-state index in [-0.39, 0.29) is 6.10 Å². The summed E-state index contributed by atoms with van der Waals surface area (Å²) in [5, 5.41) is 15.5. The highest BCUT2D eigenvalue weighted by Crippen LogP contribution is 2.16. The van der Waals surface area contributed by atoms with Gasteiger partial charge in [0.2, 0.25) is 0 Å². The van der Waals surface area contributed by atoms with E-state index in [1.54, 1.807) is 14.0 Å². The molecule has 0 spiro atoms. The van der Waals surface area contributed by atoms with Gasteiger partial charge in [0.05, 0.1) is 13.2 Å². The highest BCUT2D eigenvalue weighted by atomic mass is 16.5. The van der Waals surface area contributed by atoms with Crippen molar-refractivity contribution >= 4 is 0 Å². The normalized spacial score (nSPS) is 12.4. The van der Waals surface area contributed by atoms with E-state index in [9.17, 15) is 0 Å². The minimum atomic E-state index is -0.288. The Morgan fingerprint density at radius 1 is 1.24 bits per heavy atom. The summed E-state index contributed by atoms with van der Waals surface area (Å²) < 4.78 is 5.27. The molecule has 0 saturated heterocycles. The number of hydrogen-bond acceptors (Lipinski definition) is 4. The maximum absolute atomic E-state index is 9.06. The van der Waals surface area contributed by atoms with Crippen LogP contribution < -0.4 is 15.4 Å². The van der Waals surface area contributed by atoms with Gasteiger partial charge in [-0.1, -0.05) is 18.2 Å². The third kappa shape index (κ3) is 5.68. The van der Waals surface area contributed by atoms with Crippen LogP contribution in [0, 0.1) is 0 Å². The van der Waals surface area contributed by atoms with Crippen molar-refractivity contribution in [1.29, 1.82) is 0 Å². The topological polar surface area (TPSA) is 53.5 Å². The van der Waals surface area contributed by atoms with Gasteiger partial charge in [-0.15, -0.1) is 0 Å². The molecular weight excluding hydrogens is 216 g/mol. The monoisotopic (exact) mass is 238 g/mol. The molecule has 1 aromatic rings. The fourth-order valence-corrected chi connectivity index (χ4v) is 1.56. The third-order valence-electron chi connectivity index (χ3n) is 2.43. The molecule has 4 nitrogen and oxygen atoms in total. The molecule has 1 atom stereocenters.